The van der Waals surface area contributed by atoms with E-state index in [4.69, 9.17) is 9.52 Å². The van der Waals surface area contributed by atoms with Gasteiger partial charge in [-0.1, -0.05) is 0 Å². The molecule has 0 saturated heterocycles. The quantitative estimate of drug-likeness (QED) is 0.844. The number of nitrogens with zero attached hydrogens (tertiary/aromatic N) is 1. The molecule has 108 valence electrons. The highest BCUT2D eigenvalue weighted by Gasteiger charge is 2.38. The molecule has 2 aromatic rings. The van der Waals surface area contributed by atoms with Gasteiger partial charge in [0.1, 0.15) is 5.76 Å². The van der Waals surface area contributed by atoms with Crippen LogP contribution in [0.15, 0.2) is 40.0 Å². The van der Waals surface area contributed by atoms with Crippen molar-refractivity contribution in [3.05, 3.63) is 42.1 Å². The van der Waals surface area contributed by atoms with E-state index in [2.05, 4.69) is 4.98 Å². The average Bonchev–Trinajstić information content (AvgIpc) is 2.96. The van der Waals surface area contributed by atoms with E-state index in [0.29, 0.717) is 11.5 Å². The van der Waals surface area contributed by atoms with Crippen molar-refractivity contribution in [1.29, 1.82) is 0 Å². The summed E-state index contributed by atoms with van der Waals surface area (Å²) in [5.74, 6) is 0.624. The van der Waals surface area contributed by atoms with Crippen LogP contribution in [0, 0.1) is 0 Å². The molecule has 2 aromatic heterocycles. The van der Waals surface area contributed by atoms with Crippen molar-refractivity contribution in [3.63, 3.8) is 0 Å². The Bertz CT molecular complexity index is 671. The van der Waals surface area contributed by atoms with Gasteiger partial charge in [-0.25, -0.2) is 8.42 Å². The van der Waals surface area contributed by atoms with Crippen molar-refractivity contribution in [1.82, 2.24) is 9.29 Å². The van der Waals surface area contributed by atoms with E-state index in [1.165, 1.54) is 22.8 Å². The van der Waals surface area contributed by atoms with E-state index in [1.807, 2.05) is 0 Å². The predicted molar refractivity (Wildman–Crippen MR) is 71.2 cm³/mol. The first kappa shape index (κ1) is 13.4. The predicted octanol–water partition coefficient (Wildman–Crippen LogP) is 1.45. The molecule has 3 rings (SSSR count). The van der Waals surface area contributed by atoms with Crippen molar-refractivity contribution < 1.29 is 17.9 Å². The molecule has 0 amide bonds. The second kappa shape index (κ2) is 5.08. The maximum Gasteiger partial charge on any atom is 0.245 e. The zero-order valence-electron chi connectivity index (χ0n) is 10.8. The summed E-state index contributed by atoms with van der Waals surface area (Å²) >= 11 is 0. The van der Waals surface area contributed by atoms with Crippen molar-refractivity contribution >= 4 is 10.0 Å². The smallest absolute Gasteiger partial charge is 0.245 e. The van der Waals surface area contributed by atoms with Gasteiger partial charge >= 0.3 is 0 Å². The van der Waals surface area contributed by atoms with E-state index < -0.39 is 10.0 Å². The van der Waals surface area contributed by atoms with Gasteiger partial charge < -0.3 is 14.5 Å². The molecule has 7 heteroatoms. The molecular formula is C13H16N2O4S. The normalized spacial score (nSPS) is 15.9. The van der Waals surface area contributed by atoms with E-state index >= 15 is 0 Å². The number of sulfonamides is 1. The maximum atomic E-state index is 12.7. The molecule has 0 bridgehead atoms. The van der Waals surface area contributed by atoms with Crippen LogP contribution < -0.4 is 0 Å². The van der Waals surface area contributed by atoms with E-state index in [-0.39, 0.29) is 24.1 Å². The van der Waals surface area contributed by atoms with Crippen LogP contribution in [0.4, 0.5) is 0 Å². The van der Waals surface area contributed by atoms with E-state index in [9.17, 15) is 8.42 Å². The third-order valence-electron chi connectivity index (χ3n) is 3.34. The molecule has 1 aliphatic carbocycles. The zero-order valence-corrected chi connectivity index (χ0v) is 11.6. The van der Waals surface area contributed by atoms with E-state index in [1.54, 1.807) is 12.1 Å². The lowest BCUT2D eigenvalue weighted by Gasteiger charge is -2.19. The Morgan fingerprint density at radius 3 is 2.80 bits per heavy atom. The fraction of sp³-hybridized carbons (Fsp3) is 0.385. The Labute approximate surface area is 117 Å². The summed E-state index contributed by atoms with van der Waals surface area (Å²) in [6.07, 6.45) is 4.69. The summed E-state index contributed by atoms with van der Waals surface area (Å²) in [6.45, 7) is 0.0246. The molecular weight excluding hydrogens is 280 g/mol. The minimum atomic E-state index is -3.57. The average molecular weight is 296 g/mol. The molecule has 0 aliphatic heterocycles. The second-order valence-electron chi connectivity index (χ2n) is 4.88. The highest BCUT2D eigenvalue weighted by molar-refractivity contribution is 7.89. The Kier molecular flexibility index (Phi) is 3.41. The lowest BCUT2D eigenvalue weighted by Crippen LogP contribution is -2.32. The fourth-order valence-electron chi connectivity index (χ4n) is 2.12. The van der Waals surface area contributed by atoms with Crippen LogP contribution in [-0.2, 0) is 23.2 Å². The van der Waals surface area contributed by atoms with Crippen LogP contribution in [0.25, 0.3) is 0 Å². The van der Waals surface area contributed by atoms with Crippen LogP contribution in [0.1, 0.15) is 24.3 Å². The number of hydrogen-bond acceptors (Lipinski definition) is 4. The first-order valence-corrected chi connectivity index (χ1v) is 7.87. The molecule has 0 aromatic carbocycles. The zero-order chi connectivity index (χ0) is 14.2. The third-order valence-corrected chi connectivity index (χ3v) is 5.22. The number of H-pyrrole nitrogens is 1. The molecule has 0 unspecified atom stereocenters. The van der Waals surface area contributed by atoms with Crippen molar-refractivity contribution in [3.8, 4) is 0 Å². The number of aliphatic hydroxyl groups excluding tert-OH is 1. The number of furan rings is 1. The van der Waals surface area contributed by atoms with Crippen molar-refractivity contribution in [2.75, 3.05) is 0 Å². The molecule has 0 radical (unpaired) electrons. The van der Waals surface area contributed by atoms with Crippen molar-refractivity contribution in [2.45, 2.75) is 36.9 Å². The summed E-state index contributed by atoms with van der Waals surface area (Å²) in [6, 6.07) is 5.01. The maximum absolute atomic E-state index is 12.7. The molecule has 20 heavy (non-hydrogen) atoms. The van der Waals surface area contributed by atoms with Gasteiger partial charge in [0.05, 0.1) is 24.3 Å². The van der Waals surface area contributed by atoms with Gasteiger partial charge in [-0.15, -0.1) is 0 Å². The van der Waals surface area contributed by atoms with Gasteiger partial charge in [0.15, 0.2) is 0 Å². The molecule has 0 atom stereocenters. The molecule has 6 nitrogen and oxygen atoms in total. The number of aliphatic hydroxyl groups is 1. The largest absolute Gasteiger partial charge is 0.468 e. The first-order chi connectivity index (χ1) is 9.61. The fourth-order valence-corrected chi connectivity index (χ4v) is 3.79. The van der Waals surface area contributed by atoms with Gasteiger partial charge in [0.2, 0.25) is 10.0 Å². The van der Waals surface area contributed by atoms with Gasteiger partial charge in [-0.05, 0) is 31.0 Å². The minimum absolute atomic E-state index is 0.0394. The first-order valence-electron chi connectivity index (χ1n) is 6.43. The number of rotatable bonds is 6. The van der Waals surface area contributed by atoms with Crippen LogP contribution >= 0.6 is 0 Å². The monoisotopic (exact) mass is 296 g/mol. The third kappa shape index (κ3) is 2.52. The summed E-state index contributed by atoms with van der Waals surface area (Å²) in [4.78, 5) is 2.94. The lowest BCUT2D eigenvalue weighted by molar-refractivity contribution is 0.277. The lowest BCUT2D eigenvalue weighted by atomic mass is 10.4. The number of aromatic nitrogens is 1. The van der Waals surface area contributed by atoms with Crippen LogP contribution in [0.5, 0.6) is 0 Å². The molecule has 0 spiro atoms. The molecule has 2 heterocycles. The summed E-state index contributed by atoms with van der Waals surface area (Å²) in [7, 11) is -3.57. The topological polar surface area (TPSA) is 86.5 Å². The Balaban J connectivity index is 1.89. The van der Waals surface area contributed by atoms with Crippen LogP contribution in [0.3, 0.4) is 0 Å². The standard InChI is InChI=1S/C13H16N2O4S/c16-9-10-6-13(7-14-10)20(17,18)15(11-3-4-11)8-12-2-1-5-19-12/h1-2,5-7,11,14,16H,3-4,8-9H2. The number of nitrogens with one attached hydrogen (secondary N) is 1. The Morgan fingerprint density at radius 2 is 2.25 bits per heavy atom. The van der Waals surface area contributed by atoms with Gasteiger partial charge in [-0.3, -0.25) is 0 Å². The van der Waals surface area contributed by atoms with Crippen LogP contribution in [-0.4, -0.2) is 28.9 Å². The second-order valence-corrected chi connectivity index (χ2v) is 6.77. The summed E-state index contributed by atoms with van der Waals surface area (Å²) < 4.78 is 32.0. The van der Waals surface area contributed by atoms with Crippen molar-refractivity contribution in [2.24, 2.45) is 0 Å². The van der Waals surface area contributed by atoms with Gasteiger partial charge in [-0.2, -0.15) is 4.31 Å². The highest BCUT2D eigenvalue weighted by atomic mass is 32.2. The SMILES string of the molecule is O=S(=O)(c1c[nH]c(CO)c1)N(Cc1ccco1)C1CC1. The Morgan fingerprint density at radius 1 is 1.45 bits per heavy atom. The van der Waals surface area contributed by atoms with E-state index in [0.717, 1.165) is 12.8 Å². The minimum Gasteiger partial charge on any atom is -0.468 e. The van der Waals surface area contributed by atoms with Gasteiger partial charge in [0, 0.05) is 17.9 Å². The number of aromatic amines is 1. The highest BCUT2D eigenvalue weighted by Crippen LogP contribution is 2.33. The molecule has 2 N–H and O–H groups in total. The molecule has 1 saturated carbocycles. The summed E-state index contributed by atoms with van der Waals surface area (Å²) in [5.41, 5.74) is 0.484. The Hall–Kier alpha value is -1.57. The van der Waals surface area contributed by atoms with Crippen LogP contribution in [0.2, 0.25) is 0 Å². The molecule has 1 fully saturated rings. The summed E-state index contributed by atoms with van der Waals surface area (Å²) in [5, 5.41) is 9.03. The number of hydrogen-bond donors (Lipinski definition) is 2. The van der Waals surface area contributed by atoms with Gasteiger partial charge in [0.25, 0.3) is 0 Å². The molecule has 1 aliphatic rings.